The van der Waals surface area contributed by atoms with Crippen LogP contribution in [0.15, 0.2) is 4.52 Å². The van der Waals surface area contributed by atoms with Crippen molar-refractivity contribution in [1.29, 1.82) is 0 Å². The first-order valence-corrected chi connectivity index (χ1v) is 8.42. The Morgan fingerprint density at radius 1 is 1.35 bits per heavy atom. The first-order valence-electron chi connectivity index (χ1n) is 8.42. The molecule has 3 N–H and O–H groups in total. The fourth-order valence-corrected chi connectivity index (χ4v) is 2.83. The van der Waals surface area contributed by atoms with Crippen molar-refractivity contribution in [2.24, 2.45) is 11.7 Å². The second-order valence-electron chi connectivity index (χ2n) is 6.47. The fraction of sp³-hybridized carbons (Fsp3) is 0.812. The topological polar surface area (TPSA) is 94.0 Å². The lowest BCUT2D eigenvalue weighted by atomic mass is 9.89. The summed E-state index contributed by atoms with van der Waals surface area (Å²) < 4.78 is 5.33. The number of amides is 1. The summed E-state index contributed by atoms with van der Waals surface area (Å²) >= 11 is 0. The molecule has 2 rings (SSSR count). The predicted octanol–water partition coefficient (Wildman–Crippen LogP) is 3.09. The summed E-state index contributed by atoms with van der Waals surface area (Å²) in [5, 5.41) is 6.96. The van der Waals surface area contributed by atoms with Crippen LogP contribution in [0, 0.1) is 5.92 Å². The highest BCUT2D eigenvalue weighted by molar-refractivity contribution is 5.85. The lowest BCUT2D eigenvalue weighted by Gasteiger charge is -2.19. The minimum Gasteiger partial charge on any atom is -0.343 e. The molecule has 0 saturated heterocycles. The van der Waals surface area contributed by atoms with E-state index in [9.17, 15) is 4.79 Å². The Bertz CT molecular complexity index is 488. The highest BCUT2D eigenvalue weighted by atomic mass is 35.5. The molecule has 1 saturated carbocycles. The Hall–Kier alpha value is -1.14. The van der Waals surface area contributed by atoms with Crippen LogP contribution >= 0.6 is 12.4 Å². The third-order valence-electron chi connectivity index (χ3n) is 4.72. The molecule has 0 aliphatic heterocycles. The maximum absolute atomic E-state index is 12.1. The molecule has 1 fully saturated rings. The van der Waals surface area contributed by atoms with Gasteiger partial charge in [0.1, 0.15) is 6.04 Å². The van der Waals surface area contributed by atoms with Gasteiger partial charge in [-0.15, -0.1) is 12.4 Å². The Morgan fingerprint density at radius 2 is 2.00 bits per heavy atom. The molecule has 23 heavy (non-hydrogen) atoms. The Kier molecular flexibility index (Phi) is 7.99. The van der Waals surface area contributed by atoms with E-state index < -0.39 is 6.04 Å². The zero-order valence-corrected chi connectivity index (χ0v) is 15.1. The monoisotopic (exact) mass is 344 g/mol. The van der Waals surface area contributed by atoms with Gasteiger partial charge in [0.25, 0.3) is 0 Å². The molecule has 1 aliphatic rings. The van der Waals surface area contributed by atoms with Crippen LogP contribution in [0.3, 0.4) is 0 Å². The van der Waals surface area contributed by atoms with Gasteiger partial charge in [-0.1, -0.05) is 44.7 Å². The average molecular weight is 345 g/mol. The largest absolute Gasteiger partial charge is 0.343 e. The molecule has 3 unspecified atom stereocenters. The highest BCUT2D eigenvalue weighted by Gasteiger charge is 2.25. The molecule has 7 heteroatoms. The zero-order chi connectivity index (χ0) is 16.1. The van der Waals surface area contributed by atoms with E-state index in [0.29, 0.717) is 11.8 Å². The molecule has 1 amide bonds. The normalized spacial score (nSPS) is 19.5. The van der Waals surface area contributed by atoms with Gasteiger partial charge in [0.15, 0.2) is 5.82 Å². The van der Waals surface area contributed by atoms with Crippen molar-refractivity contribution in [3.05, 3.63) is 11.7 Å². The smallest absolute Gasteiger partial charge is 0.248 e. The fourth-order valence-electron chi connectivity index (χ4n) is 2.83. The van der Waals surface area contributed by atoms with E-state index in [-0.39, 0.29) is 30.3 Å². The highest BCUT2D eigenvalue weighted by Crippen LogP contribution is 2.31. The standard InChI is InChI=1S/C16H28N4O2.ClH/c1-4-10(2)13(17)15(21)18-11(3)16-19-14(20-22-16)12-8-6-5-7-9-12;/h10-13H,4-9,17H2,1-3H3,(H,18,21);1H. The first-order chi connectivity index (χ1) is 10.5. The Labute approximate surface area is 144 Å². The van der Waals surface area contributed by atoms with Crippen molar-refractivity contribution in [3.63, 3.8) is 0 Å². The summed E-state index contributed by atoms with van der Waals surface area (Å²) in [7, 11) is 0. The van der Waals surface area contributed by atoms with Crippen molar-refractivity contribution >= 4 is 18.3 Å². The number of aromatic nitrogens is 2. The summed E-state index contributed by atoms with van der Waals surface area (Å²) in [6.07, 6.45) is 6.86. The number of halogens is 1. The molecule has 1 aromatic rings. The lowest BCUT2D eigenvalue weighted by molar-refractivity contribution is -0.124. The molecule has 1 aromatic heterocycles. The molecule has 0 bridgehead atoms. The zero-order valence-electron chi connectivity index (χ0n) is 14.2. The number of nitrogens with one attached hydrogen (secondary N) is 1. The molecule has 3 atom stereocenters. The lowest BCUT2D eigenvalue weighted by Crippen LogP contribution is -2.45. The quantitative estimate of drug-likeness (QED) is 0.826. The predicted molar refractivity (Wildman–Crippen MR) is 91.4 cm³/mol. The van der Waals surface area contributed by atoms with Crippen molar-refractivity contribution < 1.29 is 9.32 Å². The van der Waals surface area contributed by atoms with Crippen LogP contribution in [0.4, 0.5) is 0 Å². The number of nitrogens with two attached hydrogens (primary N) is 1. The number of hydrogen-bond donors (Lipinski definition) is 2. The van der Waals surface area contributed by atoms with Gasteiger partial charge in [-0.2, -0.15) is 4.98 Å². The van der Waals surface area contributed by atoms with E-state index in [2.05, 4.69) is 15.5 Å². The number of rotatable bonds is 6. The molecule has 0 aromatic carbocycles. The third kappa shape index (κ3) is 5.18. The molecular formula is C16H29ClN4O2. The minimum atomic E-state index is -0.506. The maximum atomic E-state index is 12.1. The molecular weight excluding hydrogens is 316 g/mol. The van der Waals surface area contributed by atoms with Gasteiger partial charge in [-0.05, 0) is 25.7 Å². The van der Waals surface area contributed by atoms with Crippen LogP contribution in [0.25, 0.3) is 0 Å². The first kappa shape index (κ1) is 19.9. The van der Waals surface area contributed by atoms with Crippen molar-refractivity contribution in [2.75, 3.05) is 0 Å². The summed E-state index contributed by atoms with van der Waals surface area (Å²) in [5.41, 5.74) is 5.94. The molecule has 0 radical (unpaired) electrons. The van der Waals surface area contributed by atoms with Gasteiger partial charge in [0.05, 0.1) is 6.04 Å². The molecule has 132 valence electrons. The number of carbonyl (C=O) groups excluding carboxylic acids is 1. The summed E-state index contributed by atoms with van der Waals surface area (Å²) in [4.78, 5) is 16.6. The second kappa shape index (κ2) is 9.23. The van der Waals surface area contributed by atoms with Gasteiger partial charge in [0, 0.05) is 5.92 Å². The van der Waals surface area contributed by atoms with Crippen LogP contribution in [-0.4, -0.2) is 22.1 Å². The number of nitrogens with zero attached hydrogens (tertiary/aromatic N) is 2. The van der Waals surface area contributed by atoms with E-state index in [1.54, 1.807) is 0 Å². The average Bonchev–Trinajstić information content (AvgIpc) is 3.04. The van der Waals surface area contributed by atoms with E-state index in [1.807, 2.05) is 20.8 Å². The summed E-state index contributed by atoms with van der Waals surface area (Å²) in [6.45, 7) is 5.85. The van der Waals surface area contributed by atoms with E-state index >= 15 is 0 Å². The van der Waals surface area contributed by atoms with Crippen LogP contribution < -0.4 is 11.1 Å². The van der Waals surface area contributed by atoms with Crippen LogP contribution in [0.2, 0.25) is 0 Å². The Balaban J connectivity index is 0.00000264. The van der Waals surface area contributed by atoms with Crippen molar-refractivity contribution in [2.45, 2.75) is 77.3 Å². The van der Waals surface area contributed by atoms with Gasteiger partial charge in [-0.3, -0.25) is 4.79 Å². The van der Waals surface area contributed by atoms with E-state index in [1.165, 1.54) is 19.3 Å². The molecule has 0 spiro atoms. The number of carbonyl (C=O) groups is 1. The number of hydrogen-bond acceptors (Lipinski definition) is 5. The molecule has 1 aliphatic carbocycles. The van der Waals surface area contributed by atoms with Crippen LogP contribution in [0.1, 0.15) is 83.0 Å². The molecule has 6 nitrogen and oxygen atoms in total. The van der Waals surface area contributed by atoms with Crippen molar-refractivity contribution in [1.82, 2.24) is 15.5 Å². The van der Waals surface area contributed by atoms with Gasteiger partial charge >= 0.3 is 0 Å². The summed E-state index contributed by atoms with van der Waals surface area (Å²) in [5.74, 6) is 1.62. The third-order valence-corrected chi connectivity index (χ3v) is 4.72. The van der Waals surface area contributed by atoms with Gasteiger partial charge < -0.3 is 15.6 Å². The van der Waals surface area contributed by atoms with E-state index in [4.69, 9.17) is 10.3 Å². The van der Waals surface area contributed by atoms with Gasteiger partial charge in [-0.25, -0.2) is 0 Å². The SMILES string of the molecule is CCC(C)C(N)C(=O)NC(C)c1nc(C2CCCCC2)no1.Cl. The summed E-state index contributed by atoms with van der Waals surface area (Å²) in [6, 6.07) is -0.819. The molecule has 1 heterocycles. The second-order valence-corrected chi connectivity index (χ2v) is 6.47. The van der Waals surface area contributed by atoms with E-state index in [0.717, 1.165) is 25.1 Å². The van der Waals surface area contributed by atoms with Crippen molar-refractivity contribution in [3.8, 4) is 0 Å². The maximum Gasteiger partial charge on any atom is 0.248 e. The Morgan fingerprint density at radius 3 is 2.61 bits per heavy atom. The van der Waals surface area contributed by atoms with Crippen LogP contribution in [-0.2, 0) is 4.79 Å². The van der Waals surface area contributed by atoms with Gasteiger partial charge in [0.2, 0.25) is 11.8 Å². The minimum absolute atomic E-state index is 0. The van der Waals surface area contributed by atoms with Crippen LogP contribution in [0.5, 0.6) is 0 Å².